The van der Waals surface area contributed by atoms with Crippen molar-refractivity contribution in [3.63, 3.8) is 0 Å². The summed E-state index contributed by atoms with van der Waals surface area (Å²) in [7, 11) is 1.22. The number of hydrogen-bond donors (Lipinski definition) is 1. The summed E-state index contributed by atoms with van der Waals surface area (Å²) < 4.78 is 79.1. The summed E-state index contributed by atoms with van der Waals surface area (Å²) in [5.41, 5.74) is -0.969. The van der Waals surface area contributed by atoms with Crippen LogP contribution in [-0.4, -0.2) is 45.6 Å². The number of phenolic OH excluding ortho intramolecular Hbond substituents is 1. The summed E-state index contributed by atoms with van der Waals surface area (Å²) in [6.07, 6.45) is 2.33. The van der Waals surface area contributed by atoms with Gasteiger partial charge in [0.15, 0.2) is 44.5 Å². The number of halogens is 8. The van der Waals surface area contributed by atoms with Crippen molar-refractivity contribution in [3.8, 4) is 11.5 Å². The lowest BCUT2D eigenvalue weighted by atomic mass is 9.56. The van der Waals surface area contributed by atoms with Gasteiger partial charge in [0.1, 0.15) is 5.69 Å². The van der Waals surface area contributed by atoms with E-state index in [9.17, 15) is 37.5 Å². The molecular formula is C35H22BrCl2F5N2O6. The number of carbonyl (C=O) groups is 4. The number of hydrogen-bond acceptors (Lipinski definition) is 6. The van der Waals surface area contributed by atoms with E-state index in [1.165, 1.54) is 25.3 Å². The Morgan fingerprint density at radius 1 is 0.902 bits per heavy atom. The van der Waals surface area contributed by atoms with E-state index in [2.05, 4.69) is 22.5 Å². The van der Waals surface area contributed by atoms with E-state index < -0.39 is 104 Å². The first-order chi connectivity index (χ1) is 24.0. The van der Waals surface area contributed by atoms with Crippen molar-refractivity contribution in [2.24, 2.45) is 17.8 Å². The number of methoxy groups -OCH3 is 1. The highest BCUT2D eigenvalue weighted by Gasteiger charge is 2.77. The van der Waals surface area contributed by atoms with Gasteiger partial charge in [0.25, 0.3) is 11.8 Å². The number of allylic oxidation sites excluding steroid dienone is 2. The maximum atomic E-state index is 15.3. The van der Waals surface area contributed by atoms with Gasteiger partial charge in [-0.1, -0.05) is 52.4 Å². The number of phenols is 1. The van der Waals surface area contributed by atoms with Crippen LogP contribution in [-0.2, 0) is 19.2 Å². The second-order valence-electron chi connectivity index (χ2n) is 12.5. The molecule has 2 saturated heterocycles. The number of ether oxygens (including phenoxy) is 1. The van der Waals surface area contributed by atoms with Crippen molar-refractivity contribution in [2.75, 3.05) is 16.9 Å². The van der Waals surface area contributed by atoms with Crippen LogP contribution in [0.5, 0.6) is 11.5 Å². The Morgan fingerprint density at radius 3 is 2.10 bits per heavy atom. The lowest BCUT2D eigenvalue weighted by molar-refractivity contribution is -0.125. The molecule has 1 N–H and O–H groups in total. The normalized spacial score (nSPS) is 28.5. The second-order valence-corrected chi connectivity index (χ2v) is 14.7. The number of carbonyl (C=O) groups excluding carboxylic acids is 4. The van der Waals surface area contributed by atoms with Gasteiger partial charge in [0.05, 0.1) is 24.6 Å². The number of nitrogens with zero attached hydrogens (tertiary/aromatic N) is 2. The van der Waals surface area contributed by atoms with Gasteiger partial charge in [0, 0.05) is 16.0 Å². The van der Waals surface area contributed by atoms with Crippen molar-refractivity contribution in [3.05, 3.63) is 99.3 Å². The molecule has 4 amide bonds. The molecule has 8 nitrogen and oxygen atoms in total. The van der Waals surface area contributed by atoms with Crippen LogP contribution in [0.15, 0.2) is 59.1 Å². The lowest BCUT2D eigenvalue weighted by Crippen LogP contribution is -2.60. The van der Waals surface area contributed by atoms with Crippen LogP contribution in [0.3, 0.4) is 0 Å². The maximum absolute atomic E-state index is 15.3. The lowest BCUT2D eigenvalue weighted by Gasteiger charge is -2.50. The Labute approximate surface area is 304 Å². The predicted molar refractivity (Wildman–Crippen MR) is 178 cm³/mol. The van der Waals surface area contributed by atoms with Gasteiger partial charge in [-0.25, -0.2) is 26.9 Å². The van der Waals surface area contributed by atoms with Gasteiger partial charge in [-0.05, 0) is 48.6 Å². The molecule has 0 bridgehead atoms. The van der Waals surface area contributed by atoms with Gasteiger partial charge in [0.2, 0.25) is 17.6 Å². The minimum atomic E-state index is -2.81. The molecule has 51 heavy (non-hydrogen) atoms. The Bertz CT molecular complexity index is 2140. The molecule has 6 atom stereocenters. The van der Waals surface area contributed by atoms with E-state index in [1.807, 2.05) is 0 Å². The van der Waals surface area contributed by atoms with Gasteiger partial charge in [-0.15, -0.1) is 23.2 Å². The number of fused-ring (bicyclic) bond motifs is 4. The monoisotopic (exact) mass is 810 g/mol. The number of aromatic hydroxyl groups is 1. The third kappa shape index (κ3) is 4.54. The molecule has 1 saturated carbocycles. The van der Waals surface area contributed by atoms with Crippen LogP contribution < -0.4 is 14.5 Å². The fraction of sp³-hybridized carbons (Fsp3) is 0.257. The largest absolute Gasteiger partial charge is 0.504 e. The zero-order chi connectivity index (χ0) is 37.1. The molecule has 3 aromatic rings. The Balaban J connectivity index is 1.45. The molecular weight excluding hydrogens is 790 g/mol. The second kappa shape index (κ2) is 11.9. The molecule has 2 aliphatic heterocycles. The zero-order valence-electron chi connectivity index (χ0n) is 26.0. The molecule has 0 spiro atoms. The predicted octanol–water partition coefficient (Wildman–Crippen LogP) is 7.27. The molecule has 3 fully saturated rings. The van der Waals surface area contributed by atoms with Gasteiger partial charge in [-0.2, -0.15) is 0 Å². The number of imide groups is 2. The van der Waals surface area contributed by atoms with Crippen LogP contribution in [0, 0.1) is 46.8 Å². The molecule has 7 rings (SSSR count). The van der Waals surface area contributed by atoms with Crippen molar-refractivity contribution in [1.82, 2.24) is 0 Å². The minimum absolute atomic E-state index is 0.0730. The topological polar surface area (TPSA) is 104 Å². The summed E-state index contributed by atoms with van der Waals surface area (Å²) in [6, 6.07) is 9.04. The quantitative estimate of drug-likeness (QED) is 0.0727. The standard InChI is InChI=1S/C35H22BrCl2F5N2O6/c1-3-13-4-6-15(7-5-13)44-30(47)17-9-8-16-19(21(17)31(44)48)12-34(37)32(49)45(28-26(42)24(40)23(39)25(41)27(28)43)33(50)35(34,38)22(16)18-10-14(36)11-20(51-2)29(18)46/h3-8,10-11,17,19,21-22,46H,1,9,12H2,2H3/t17-,19+,21-,22+,34+,35-/m0/s1. The van der Waals surface area contributed by atoms with Crippen LogP contribution in [0.2, 0.25) is 0 Å². The van der Waals surface area contributed by atoms with Gasteiger partial charge in [-0.3, -0.25) is 24.1 Å². The van der Waals surface area contributed by atoms with Gasteiger partial charge < -0.3 is 9.84 Å². The zero-order valence-corrected chi connectivity index (χ0v) is 29.1. The fourth-order valence-corrected chi connectivity index (χ4v) is 9.28. The Morgan fingerprint density at radius 2 is 1.51 bits per heavy atom. The first kappa shape index (κ1) is 35.1. The summed E-state index contributed by atoms with van der Waals surface area (Å²) in [5, 5.41) is 11.4. The molecule has 2 aliphatic carbocycles. The summed E-state index contributed by atoms with van der Waals surface area (Å²) in [4.78, 5) is 52.0. The number of anilines is 2. The van der Waals surface area contributed by atoms with Crippen LogP contribution in [0.4, 0.5) is 33.3 Å². The van der Waals surface area contributed by atoms with Crippen LogP contribution in [0.1, 0.15) is 29.9 Å². The Kier molecular flexibility index (Phi) is 8.19. The molecule has 264 valence electrons. The van der Waals surface area contributed by atoms with E-state index in [4.69, 9.17) is 27.9 Å². The molecule has 16 heteroatoms. The van der Waals surface area contributed by atoms with Crippen LogP contribution >= 0.6 is 39.1 Å². The maximum Gasteiger partial charge on any atom is 0.258 e. The average molecular weight is 812 g/mol. The van der Waals surface area contributed by atoms with E-state index in [0.717, 1.165) is 4.90 Å². The van der Waals surface area contributed by atoms with E-state index in [1.54, 1.807) is 30.3 Å². The van der Waals surface area contributed by atoms with Gasteiger partial charge >= 0.3 is 0 Å². The van der Waals surface area contributed by atoms with Crippen molar-refractivity contribution >= 4 is 80.2 Å². The molecule has 4 aliphatic rings. The number of alkyl halides is 2. The number of amides is 4. The summed E-state index contributed by atoms with van der Waals surface area (Å²) in [5.74, 6) is -22.8. The molecule has 0 aromatic heterocycles. The van der Waals surface area contributed by atoms with Crippen molar-refractivity contribution in [1.29, 1.82) is 0 Å². The molecule has 0 radical (unpaired) electrons. The first-order valence-electron chi connectivity index (χ1n) is 15.2. The third-order valence-electron chi connectivity index (χ3n) is 10.2. The van der Waals surface area contributed by atoms with E-state index >= 15 is 8.78 Å². The van der Waals surface area contributed by atoms with Crippen molar-refractivity contribution in [2.45, 2.75) is 28.5 Å². The minimum Gasteiger partial charge on any atom is -0.504 e. The summed E-state index contributed by atoms with van der Waals surface area (Å²) >= 11 is 17.6. The molecule has 0 unspecified atom stereocenters. The molecule has 3 aromatic carbocycles. The SMILES string of the molecule is C=Cc1ccc(N2C(=O)[C@H]3[C@H](CC=C4[C@H]3C[C@@]3(Cl)C(=O)N(c5c(F)c(F)c(F)c(F)c5F)C(=O)[C@@]3(Cl)[C@H]4c3cc(Br)cc(OC)c3O)C2=O)cc1. The highest BCUT2D eigenvalue weighted by Crippen LogP contribution is 2.67. The smallest absolute Gasteiger partial charge is 0.258 e. The summed E-state index contributed by atoms with van der Waals surface area (Å²) in [6.45, 7) is 3.69. The average Bonchev–Trinajstić information content (AvgIpc) is 3.45. The van der Waals surface area contributed by atoms with E-state index in [0.29, 0.717) is 5.56 Å². The Hall–Kier alpha value is -4.27. The fourth-order valence-electron chi connectivity index (χ4n) is 7.90. The van der Waals surface area contributed by atoms with Crippen LogP contribution in [0.25, 0.3) is 6.08 Å². The number of rotatable bonds is 5. The van der Waals surface area contributed by atoms with E-state index in [-0.39, 0.29) is 38.4 Å². The highest BCUT2D eigenvalue weighted by molar-refractivity contribution is 9.10. The third-order valence-corrected chi connectivity index (χ3v) is 12.1. The number of benzene rings is 3. The van der Waals surface area contributed by atoms with Crippen molar-refractivity contribution < 1.29 is 51.0 Å². The first-order valence-corrected chi connectivity index (χ1v) is 16.7. The molecule has 2 heterocycles. The highest BCUT2D eigenvalue weighted by atomic mass is 79.9.